The number of rotatable bonds is 3. The van der Waals surface area contributed by atoms with Crippen LogP contribution >= 0.6 is 0 Å². The maximum Gasteiger partial charge on any atom is 0.272 e. The van der Waals surface area contributed by atoms with Gasteiger partial charge in [0.1, 0.15) is 6.61 Å². The van der Waals surface area contributed by atoms with Crippen molar-refractivity contribution < 1.29 is 24.3 Å². The number of nitrogens with one attached hydrogen (secondary N) is 1. The summed E-state index contributed by atoms with van der Waals surface area (Å²) in [5.74, 6) is 0.156. The van der Waals surface area contributed by atoms with Gasteiger partial charge in [0, 0.05) is 16.7 Å². The van der Waals surface area contributed by atoms with E-state index in [2.05, 4.69) is 10.6 Å². The monoisotopic (exact) mass is 439 g/mol. The van der Waals surface area contributed by atoms with Gasteiger partial charge in [0.15, 0.2) is 17.6 Å². The van der Waals surface area contributed by atoms with Gasteiger partial charge in [-0.2, -0.15) is 0 Å². The predicted octanol–water partition coefficient (Wildman–Crippen LogP) is 3.80. The summed E-state index contributed by atoms with van der Waals surface area (Å²) in [6, 6.07) is 8.88. The van der Waals surface area contributed by atoms with Gasteiger partial charge in [-0.05, 0) is 65.8 Å². The minimum absolute atomic E-state index is 0.199. The van der Waals surface area contributed by atoms with Crippen LogP contribution in [0.3, 0.4) is 0 Å². The van der Waals surface area contributed by atoms with Gasteiger partial charge in [0.05, 0.1) is 11.8 Å². The number of oxime groups is 1. The Balaban J connectivity index is 1.91. The van der Waals surface area contributed by atoms with Crippen molar-refractivity contribution in [3.63, 3.8) is 0 Å². The van der Waals surface area contributed by atoms with Gasteiger partial charge in [-0.25, -0.2) is 5.01 Å². The molecular weight excluding hydrogens is 410 g/mol. The smallest absolute Gasteiger partial charge is 0.272 e. The van der Waals surface area contributed by atoms with Gasteiger partial charge in [0.2, 0.25) is 0 Å². The number of hydrogen-bond acceptors (Lipinski definition) is 6. The second-order valence-electron chi connectivity index (χ2n) is 8.93. The highest BCUT2D eigenvalue weighted by molar-refractivity contribution is 6.00. The fourth-order valence-electron chi connectivity index (χ4n) is 3.59. The standard InChI is InChI=1S/C24H29N3O5/c1-14-9-15(2)11-17(10-14)23(29)27(24(4,5)6)26-22(28)19-7-8-20-21(16(19)3)32-18(12-25-30)13-31-20/h7-12,18,30H,13H2,1-6H3,(H,26,28). The first kappa shape index (κ1) is 23.1. The second-order valence-corrected chi connectivity index (χ2v) is 8.93. The summed E-state index contributed by atoms with van der Waals surface area (Å²) in [6.45, 7) is 11.3. The Morgan fingerprint density at radius 2 is 1.81 bits per heavy atom. The first-order chi connectivity index (χ1) is 15.0. The molecule has 0 bridgehead atoms. The lowest BCUT2D eigenvalue weighted by Crippen LogP contribution is -2.56. The largest absolute Gasteiger partial charge is 0.485 e. The summed E-state index contributed by atoms with van der Waals surface area (Å²) < 4.78 is 11.4. The Morgan fingerprint density at radius 1 is 1.16 bits per heavy atom. The van der Waals surface area contributed by atoms with E-state index in [0.717, 1.165) is 11.1 Å². The average molecular weight is 440 g/mol. The molecule has 2 N–H and O–H groups in total. The van der Waals surface area contributed by atoms with Crippen molar-refractivity contribution in [2.75, 3.05) is 6.61 Å². The molecule has 2 aromatic rings. The third-order valence-corrected chi connectivity index (χ3v) is 5.08. The van der Waals surface area contributed by atoms with E-state index in [1.165, 1.54) is 11.2 Å². The number of carbonyl (C=O) groups is 2. The lowest BCUT2D eigenvalue weighted by Gasteiger charge is -2.36. The lowest BCUT2D eigenvalue weighted by atomic mass is 10.0. The van der Waals surface area contributed by atoms with Gasteiger partial charge >= 0.3 is 0 Å². The van der Waals surface area contributed by atoms with E-state index < -0.39 is 17.6 Å². The number of carbonyl (C=O) groups excluding carboxylic acids is 2. The van der Waals surface area contributed by atoms with Crippen LogP contribution in [0.25, 0.3) is 0 Å². The number of nitrogens with zero attached hydrogens (tertiary/aromatic N) is 2. The number of hydrazine groups is 1. The van der Waals surface area contributed by atoms with Gasteiger partial charge in [-0.3, -0.25) is 15.0 Å². The first-order valence-corrected chi connectivity index (χ1v) is 10.4. The normalized spacial score (nSPS) is 15.5. The molecule has 2 amide bonds. The third kappa shape index (κ3) is 4.85. The number of benzene rings is 2. The van der Waals surface area contributed by atoms with Crippen molar-refractivity contribution >= 4 is 18.0 Å². The van der Waals surface area contributed by atoms with E-state index in [9.17, 15) is 9.59 Å². The van der Waals surface area contributed by atoms with Gasteiger partial charge < -0.3 is 14.7 Å². The molecular formula is C24H29N3O5. The molecule has 8 heteroatoms. The molecule has 1 heterocycles. The number of amides is 2. The lowest BCUT2D eigenvalue weighted by molar-refractivity contribution is 0.0358. The molecule has 1 unspecified atom stereocenters. The van der Waals surface area contributed by atoms with E-state index in [1.54, 1.807) is 31.2 Å². The topological polar surface area (TPSA) is 100 Å². The van der Waals surface area contributed by atoms with Crippen LogP contribution in [-0.2, 0) is 0 Å². The quantitative estimate of drug-likeness (QED) is 0.430. The van der Waals surface area contributed by atoms with E-state index in [1.807, 2.05) is 40.7 Å². The molecule has 1 aliphatic heterocycles. The average Bonchev–Trinajstić information content (AvgIpc) is 2.70. The Morgan fingerprint density at radius 3 is 2.41 bits per heavy atom. The Kier molecular flexibility index (Phi) is 6.43. The molecule has 0 saturated heterocycles. The maximum atomic E-state index is 13.3. The van der Waals surface area contributed by atoms with Crippen LogP contribution in [0, 0.1) is 20.8 Å². The van der Waals surface area contributed by atoms with Gasteiger partial charge in [0.25, 0.3) is 11.8 Å². The van der Waals surface area contributed by atoms with E-state index in [4.69, 9.17) is 14.7 Å². The summed E-state index contributed by atoms with van der Waals surface area (Å²) >= 11 is 0. The summed E-state index contributed by atoms with van der Waals surface area (Å²) in [4.78, 5) is 26.5. The van der Waals surface area contributed by atoms with Crippen LogP contribution in [0.15, 0.2) is 35.5 Å². The minimum atomic E-state index is -0.672. The molecule has 0 saturated carbocycles. The summed E-state index contributed by atoms with van der Waals surface area (Å²) in [5, 5.41) is 13.1. The van der Waals surface area contributed by atoms with Crippen molar-refractivity contribution in [2.45, 2.75) is 53.2 Å². The highest BCUT2D eigenvalue weighted by Gasteiger charge is 2.31. The minimum Gasteiger partial charge on any atom is -0.485 e. The molecule has 170 valence electrons. The first-order valence-electron chi connectivity index (χ1n) is 10.4. The van der Waals surface area contributed by atoms with Crippen LogP contribution in [0.1, 0.15) is 58.2 Å². The van der Waals surface area contributed by atoms with Crippen LogP contribution in [0.4, 0.5) is 0 Å². The van der Waals surface area contributed by atoms with Crippen LogP contribution < -0.4 is 14.9 Å². The van der Waals surface area contributed by atoms with Crippen molar-refractivity contribution in [1.29, 1.82) is 0 Å². The van der Waals surface area contributed by atoms with Crippen molar-refractivity contribution in [2.24, 2.45) is 5.16 Å². The zero-order valence-electron chi connectivity index (χ0n) is 19.2. The van der Waals surface area contributed by atoms with Crippen LogP contribution in [0.2, 0.25) is 0 Å². The molecule has 3 rings (SSSR count). The van der Waals surface area contributed by atoms with Crippen molar-refractivity contribution in [3.05, 3.63) is 58.1 Å². The molecule has 32 heavy (non-hydrogen) atoms. The number of hydrogen-bond donors (Lipinski definition) is 2. The fraction of sp³-hybridized carbons (Fsp3) is 0.375. The molecule has 0 spiro atoms. The van der Waals surface area contributed by atoms with Crippen LogP contribution in [0.5, 0.6) is 11.5 Å². The molecule has 2 aromatic carbocycles. The highest BCUT2D eigenvalue weighted by Crippen LogP contribution is 2.36. The number of aryl methyl sites for hydroxylation is 2. The molecule has 8 nitrogen and oxygen atoms in total. The van der Waals surface area contributed by atoms with E-state index in [0.29, 0.717) is 28.2 Å². The van der Waals surface area contributed by atoms with Gasteiger partial charge in [-0.1, -0.05) is 22.3 Å². The SMILES string of the molecule is Cc1cc(C)cc(C(=O)N(NC(=O)c2ccc3c(c2C)OC(C=NO)CO3)C(C)(C)C)c1. The summed E-state index contributed by atoms with van der Waals surface area (Å²) in [7, 11) is 0. The number of fused-ring (bicyclic) bond motifs is 1. The fourth-order valence-corrected chi connectivity index (χ4v) is 3.59. The van der Waals surface area contributed by atoms with Gasteiger partial charge in [-0.15, -0.1) is 0 Å². The molecule has 0 fully saturated rings. The Hall–Kier alpha value is -3.55. The predicted molar refractivity (Wildman–Crippen MR) is 121 cm³/mol. The van der Waals surface area contributed by atoms with E-state index >= 15 is 0 Å². The highest BCUT2D eigenvalue weighted by atomic mass is 16.6. The second kappa shape index (κ2) is 8.90. The molecule has 0 aromatic heterocycles. The maximum absolute atomic E-state index is 13.3. The molecule has 1 aliphatic rings. The molecule has 0 radical (unpaired) electrons. The summed E-state index contributed by atoms with van der Waals surface area (Å²) in [6.07, 6.45) is 0.653. The Bertz CT molecular complexity index is 1050. The van der Waals surface area contributed by atoms with Crippen molar-refractivity contribution in [3.8, 4) is 11.5 Å². The zero-order chi connectivity index (χ0) is 23.6. The molecule has 1 atom stereocenters. The zero-order valence-corrected chi connectivity index (χ0v) is 19.2. The van der Waals surface area contributed by atoms with E-state index in [-0.39, 0.29) is 12.5 Å². The molecule has 0 aliphatic carbocycles. The number of ether oxygens (including phenoxy) is 2. The third-order valence-electron chi connectivity index (χ3n) is 5.08. The van der Waals surface area contributed by atoms with Crippen LogP contribution in [-0.4, -0.2) is 46.5 Å². The summed E-state index contributed by atoms with van der Waals surface area (Å²) in [5.41, 5.74) is 5.45. The Labute approximate surface area is 187 Å². The van der Waals surface area contributed by atoms with Crippen molar-refractivity contribution in [1.82, 2.24) is 10.4 Å².